The molecule has 86 valence electrons. The summed E-state index contributed by atoms with van der Waals surface area (Å²) in [4.78, 5) is 22.9. The molecule has 5 heteroatoms. The second kappa shape index (κ2) is 5.00. The van der Waals surface area contributed by atoms with Crippen LogP contribution in [0.1, 0.15) is 32.6 Å². The van der Waals surface area contributed by atoms with E-state index in [-0.39, 0.29) is 5.97 Å². The van der Waals surface area contributed by atoms with Gasteiger partial charge in [0.2, 0.25) is 0 Å². The molecule has 0 aromatic rings. The van der Waals surface area contributed by atoms with Crippen molar-refractivity contribution in [1.82, 2.24) is 5.32 Å². The number of esters is 1. The largest absolute Gasteiger partial charge is 0.467 e. The van der Waals surface area contributed by atoms with E-state index in [1.807, 2.05) is 0 Å². The Morgan fingerprint density at radius 2 is 1.93 bits per heavy atom. The predicted molar refractivity (Wildman–Crippen MR) is 53.4 cm³/mol. The second-order valence-corrected chi connectivity index (χ2v) is 3.63. The van der Waals surface area contributed by atoms with Crippen LogP contribution in [0.4, 0.5) is 4.79 Å². The third-order valence-electron chi connectivity index (χ3n) is 2.65. The van der Waals surface area contributed by atoms with E-state index in [0.29, 0.717) is 19.4 Å². The summed E-state index contributed by atoms with van der Waals surface area (Å²) in [5.41, 5.74) is -0.860. The molecule has 0 unspecified atom stereocenters. The minimum absolute atomic E-state index is 0.295. The van der Waals surface area contributed by atoms with Crippen LogP contribution in [-0.2, 0) is 14.3 Å². The molecule has 0 heterocycles. The van der Waals surface area contributed by atoms with Gasteiger partial charge in [0.05, 0.1) is 13.7 Å². The molecule has 0 aliphatic heterocycles. The molecule has 1 aliphatic rings. The highest BCUT2D eigenvalue weighted by atomic mass is 16.6. The maximum atomic E-state index is 11.6. The number of alkyl carbamates (subject to hydrolysis) is 1. The summed E-state index contributed by atoms with van der Waals surface area (Å²) in [6.07, 6.45) is 2.53. The van der Waals surface area contributed by atoms with Gasteiger partial charge in [-0.2, -0.15) is 0 Å². The quantitative estimate of drug-likeness (QED) is 0.719. The number of rotatable bonds is 3. The van der Waals surface area contributed by atoms with Gasteiger partial charge in [0.25, 0.3) is 0 Å². The van der Waals surface area contributed by atoms with E-state index < -0.39 is 11.6 Å². The first kappa shape index (κ1) is 11.8. The molecule has 1 saturated carbocycles. The van der Waals surface area contributed by atoms with Crippen molar-refractivity contribution >= 4 is 12.1 Å². The summed E-state index contributed by atoms with van der Waals surface area (Å²) in [5, 5.41) is 2.61. The fourth-order valence-electron chi connectivity index (χ4n) is 1.92. The first-order chi connectivity index (χ1) is 7.14. The van der Waals surface area contributed by atoms with Gasteiger partial charge >= 0.3 is 12.1 Å². The number of ether oxygens (including phenoxy) is 2. The number of carbonyl (C=O) groups excluding carboxylic acids is 2. The minimum Gasteiger partial charge on any atom is -0.467 e. The van der Waals surface area contributed by atoms with Crippen LogP contribution in [0, 0.1) is 0 Å². The highest BCUT2D eigenvalue weighted by Crippen LogP contribution is 2.30. The molecule has 0 spiro atoms. The van der Waals surface area contributed by atoms with Gasteiger partial charge in [0.1, 0.15) is 5.54 Å². The molecule has 15 heavy (non-hydrogen) atoms. The monoisotopic (exact) mass is 215 g/mol. The van der Waals surface area contributed by atoms with Gasteiger partial charge in [-0.05, 0) is 19.8 Å². The van der Waals surface area contributed by atoms with Crippen molar-refractivity contribution in [3.8, 4) is 0 Å². The normalized spacial score (nSPS) is 18.3. The first-order valence-corrected chi connectivity index (χ1v) is 5.18. The summed E-state index contributed by atoms with van der Waals surface area (Å²) < 4.78 is 9.47. The van der Waals surface area contributed by atoms with Crippen LogP contribution in [0.5, 0.6) is 0 Å². The molecule has 0 saturated heterocycles. The van der Waals surface area contributed by atoms with Crippen molar-refractivity contribution in [2.75, 3.05) is 13.7 Å². The number of amides is 1. The molecule has 0 aromatic carbocycles. The number of hydrogen-bond acceptors (Lipinski definition) is 4. The Morgan fingerprint density at radius 3 is 2.40 bits per heavy atom. The summed E-state index contributed by atoms with van der Waals surface area (Å²) in [7, 11) is 1.33. The zero-order valence-corrected chi connectivity index (χ0v) is 9.17. The lowest BCUT2D eigenvalue weighted by atomic mass is 9.98. The molecular weight excluding hydrogens is 198 g/mol. The molecular formula is C10H17NO4. The first-order valence-electron chi connectivity index (χ1n) is 5.18. The molecule has 1 N–H and O–H groups in total. The van der Waals surface area contributed by atoms with Crippen LogP contribution >= 0.6 is 0 Å². The Hall–Kier alpha value is -1.26. The van der Waals surface area contributed by atoms with E-state index in [9.17, 15) is 9.59 Å². The third kappa shape index (κ3) is 2.61. The van der Waals surface area contributed by atoms with Crippen molar-refractivity contribution in [2.24, 2.45) is 0 Å². The Labute approximate surface area is 89.1 Å². The van der Waals surface area contributed by atoms with E-state index in [2.05, 4.69) is 5.32 Å². The van der Waals surface area contributed by atoms with Gasteiger partial charge in [0, 0.05) is 0 Å². The van der Waals surface area contributed by atoms with Crippen molar-refractivity contribution in [3.63, 3.8) is 0 Å². The Balaban J connectivity index is 2.65. The van der Waals surface area contributed by atoms with Crippen molar-refractivity contribution in [3.05, 3.63) is 0 Å². The van der Waals surface area contributed by atoms with Crippen LogP contribution in [0.15, 0.2) is 0 Å². The highest BCUT2D eigenvalue weighted by Gasteiger charge is 2.43. The number of hydrogen-bond donors (Lipinski definition) is 1. The Kier molecular flexibility index (Phi) is 3.94. The molecule has 0 aromatic heterocycles. The molecule has 0 atom stereocenters. The number of methoxy groups -OCH3 is 1. The van der Waals surface area contributed by atoms with E-state index in [0.717, 1.165) is 12.8 Å². The SMILES string of the molecule is CCOC(=O)NC1(C(=O)OC)CCCC1. The standard InChI is InChI=1S/C10H17NO4/c1-3-15-9(13)11-10(8(12)14-2)6-4-5-7-10/h3-7H2,1-2H3,(H,11,13). The average molecular weight is 215 g/mol. The van der Waals surface area contributed by atoms with E-state index in [1.54, 1.807) is 6.92 Å². The van der Waals surface area contributed by atoms with Gasteiger partial charge in [-0.1, -0.05) is 12.8 Å². The average Bonchev–Trinajstić information content (AvgIpc) is 2.66. The van der Waals surface area contributed by atoms with Crippen LogP contribution in [0.2, 0.25) is 0 Å². The lowest BCUT2D eigenvalue weighted by Gasteiger charge is -2.26. The zero-order chi connectivity index (χ0) is 11.3. The fourth-order valence-corrected chi connectivity index (χ4v) is 1.92. The molecule has 1 rings (SSSR count). The van der Waals surface area contributed by atoms with E-state index in [1.165, 1.54) is 7.11 Å². The lowest BCUT2D eigenvalue weighted by molar-refractivity contribution is -0.148. The third-order valence-corrected chi connectivity index (χ3v) is 2.65. The van der Waals surface area contributed by atoms with Crippen molar-refractivity contribution < 1.29 is 19.1 Å². The fraction of sp³-hybridized carbons (Fsp3) is 0.800. The minimum atomic E-state index is -0.860. The van der Waals surface area contributed by atoms with Crippen LogP contribution in [0.25, 0.3) is 0 Å². The van der Waals surface area contributed by atoms with Crippen molar-refractivity contribution in [1.29, 1.82) is 0 Å². The summed E-state index contributed by atoms with van der Waals surface area (Å²) in [6.45, 7) is 2.02. The summed E-state index contributed by atoms with van der Waals surface area (Å²) in [5.74, 6) is -0.381. The smallest absolute Gasteiger partial charge is 0.408 e. The summed E-state index contributed by atoms with van der Waals surface area (Å²) >= 11 is 0. The van der Waals surface area contributed by atoms with Crippen LogP contribution in [0.3, 0.4) is 0 Å². The van der Waals surface area contributed by atoms with Gasteiger partial charge in [-0.3, -0.25) is 0 Å². The Morgan fingerprint density at radius 1 is 1.33 bits per heavy atom. The van der Waals surface area contributed by atoms with Crippen LogP contribution < -0.4 is 5.32 Å². The maximum Gasteiger partial charge on any atom is 0.408 e. The molecule has 0 bridgehead atoms. The topological polar surface area (TPSA) is 64.6 Å². The highest BCUT2D eigenvalue weighted by molar-refractivity contribution is 5.86. The van der Waals surface area contributed by atoms with Gasteiger partial charge in [-0.25, -0.2) is 9.59 Å². The maximum absolute atomic E-state index is 11.6. The Bertz CT molecular complexity index is 246. The zero-order valence-electron chi connectivity index (χ0n) is 9.17. The molecule has 0 radical (unpaired) electrons. The van der Waals surface area contributed by atoms with Crippen molar-refractivity contribution in [2.45, 2.75) is 38.1 Å². The molecule has 1 aliphatic carbocycles. The van der Waals surface area contributed by atoms with Gasteiger partial charge in [0.15, 0.2) is 0 Å². The van der Waals surface area contributed by atoms with E-state index in [4.69, 9.17) is 9.47 Å². The molecule has 5 nitrogen and oxygen atoms in total. The molecule has 1 fully saturated rings. The lowest BCUT2D eigenvalue weighted by Crippen LogP contribution is -2.53. The van der Waals surface area contributed by atoms with Gasteiger partial charge < -0.3 is 14.8 Å². The predicted octanol–water partition coefficient (Wildman–Crippen LogP) is 1.22. The van der Waals surface area contributed by atoms with Gasteiger partial charge in [-0.15, -0.1) is 0 Å². The number of nitrogens with one attached hydrogen (secondary N) is 1. The number of carbonyl (C=O) groups is 2. The second-order valence-electron chi connectivity index (χ2n) is 3.63. The van der Waals surface area contributed by atoms with E-state index >= 15 is 0 Å². The van der Waals surface area contributed by atoms with Crippen LogP contribution in [-0.4, -0.2) is 31.3 Å². The summed E-state index contributed by atoms with van der Waals surface area (Å²) in [6, 6.07) is 0. The molecule has 1 amide bonds.